The Balaban J connectivity index is 1.09. The number of aryl methyl sites for hydroxylation is 1. The van der Waals surface area contributed by atoms with E-state index in [4.69, 9.17) is 53.1 Å². The van der Waals surface area contributed by atoms with Gasteiger partial charge < -0.3 is 57.7 Å². The molecule has 10 bridgehead atoms. The maximum atomic E-state index is 6.80. The van der Waals surface area contributed by atoms with Crippen molar-refractivity contribution in [1.82, 2.24) is 9.55 Å². The molecule has 7 aromatic rings. The summed E-state index contributed by atoms with van der Waals surface area (Å²) in [5.41, 5.74) is 17.7. The number of unbranched alkanes of at least 4 members (excludes halogenated alkanes) is 7. The second kappa shape index (κ2) is 25.0. The van der Waals surface area contributed by atoms with Crippen molar-refractivity contribution in [2.45, 2.75) is 90.0 Å². The van der Waals surface area contributed by atoms with E-state index in [0.29, 0.717) is 44.7 Å². The highest BCUT2D eigenvalue weighted by atomic mass is 16.5. The highest BCUT2D eigenvalue weighted by Gasteiger charge is 2.23. The third-order valence-corrected chi connectivity index (χ3v) is 14.3. The molecule has 1 aromatic heterocycles. The van der Waals surface area contributed by atoms with E-state index in [9.17, 15) is 0 Å². The fourth-order valence-electron chi connectivity index (χ4n) is 10.4. The zero-order valence-corrected chi connectivity index (χ0v) is 44.7. The first-order valence-corrected chi connectivity index (χ1v) is 25.6. The molecule has 13 nitrogen and oxygen atoms in total. The molecule has 10 aliphatic carbocycles. The lowest BCUT2D eigenvalue weighted by molar-refractivity contribution is 0.300. The SMILES string of the molecule is COc1cc2c(OC)cc1Cc1cc(OC)c(cc1OC)Cc1cc(OC)c(cc1OC)Cc1cc(OC)c(cc1OCCCCCCCCCCn1c(N)nc3ccccc31)Cc1cc(OC)c(cc1OC)C2. The van der Waals surface area contributed by atoms with E-state index in [1.165, 1.54) is 19.3 Å². The molecular formula is C61H73N3O10. The molecule has 6 aromatic carbocycles. The molecule has 1 heterocycles. The minimum absolute atomic E-state index is 0.495. The Morgan fingerprint density at radius 3 is 0.959 bits per heavy atom. The third kappa shape index (κ3) is 12.0. The first-order chi connectivity index (χ1) is 36.1. The molecule has 0 aliphatic heterocycles. The lowest BCUT2D eigenvalue weighted by Crippen LogP contribution is -2.06. The van der Waals surface area contributed by atoms with Crippen LogP contribution in [0.4, 0.5) is 5.95 Å². The van der Waals surface area contributed by atoms with Gasteiger partial charge in [0.05, 0.1) is 81.6 Å². The fourth-order valence-corrected chi connectivity index (χ4v) is 10.4. The summed E-state index contributed by atoms with van der Waals surface area (Å²) >= 11 is 0. The first-order valence-electron chi connectivity index (χ1n) is 25.6. The molecule has 0 saturated heterocycles. The molecule has 2 N–H and O–H groups in total. The van der Waals surface area contributed by atoms with Gasteiger partial charge in [0.25, 0.3) is 0 Å². The number of imidazole rings is 1. The maximum Gasteiger partial charge on any atom is 0.201 e. The fraction of sp³-hybridized carbons (Fsp3) is 0.393. The lowest BCUT2D eigenvalue weighted by atomic mass is 9.94. The minimum Gasteiger partial charge on any atom is -0.496 e. The van der Waals surface area contributed by atoms with Gasteiger partial charge in [-0.15, -0.1) is 0 Å². The van der Waals surface area contributed by atoms with Crippen molar-refractivity contribution in [2.75, 3.05) is 76.3 Å². The number of benzene rings is 6. The number of nitrogens with zero attached hydrogens (tertiary/aromatic N) is 2. The number of para-hydroxylation sites is 2. The molecule has 10 aliphatic rings. The number of nitrogen functional groups attached to an aromatic ring is 1. The van der Waals surface area contributed by atoms with E-state index in [-0.39, 0.29) is 0 Å². The lowest BCUT2D eigenvalue weighted by Gasteiger charge is -2.20. The molecule has 74 heavy (non-hydrogen) atoms. The molecule has 0 fully saturated rings. The summed E-state index contributed by atoms with van der Waals surface area (Å²) in [5.74, 6) is 7.87. The second-order valence-corrected chi connectivity index (χ2v) is 18.8. The molecule has 0 amide bonds. The number of hydrogen-bond donors (Lipinski definition) is 1. The predicted octanol–water partition coefficient (Wildman–Crippen LogP) is 12.2. The van der Waals surface area contributed by atoms with E-state index in [1.54, 1.807) is 64.0 Å². The maximum absolute atomic E-state index is 6.80. The van der Waals surface area contributed by atoms with Crippen LogP contribution >= 0.6 is 0 Å². The first kappa shape index (κ1) is 52.9. The smallest absolute Gasteiger partial charge is 0.201 e. The molecule has 17 rings (SSSR count). The van der Waals surface area contributed by atoms with Crippen LogP contribution in [0.25, 0.3) is 11.0 Å². The molecule has 0 saturated carbocycles. The summed E-state index contributed by atoms with van der Waals surface area (Å²) in [5, 5.41) is 0. The number of aromatic nitrogens is 2. The van der Waals surface area contributed by atoms with Crippen LogP contribution in [0.2, 0.25) is 0 Å². The summed E-state index contributed by atoms with van der Waals surface area (Å²) in [4.78, 5) is 4.52. The van der Waals surface area contributed by atoms with Gasteiger partial charge in [-0.1, -0.05) is 50.7 Å². The van der Waals surface area contributed by atoms with Crippen molar-refractivity contribution >= 4 is 17.0 Å². The molecular weight excluding hydrogens is 935 g/mol. The summed E-state index contributed by atoms with van der Waals surface area (Å²) < 4.78 is 63.9. The molecule has 0 spiro atoms. The summed E-state index contributed by atoms with van der Waals surface area (Å²) in [6.07, 6.45) is 11.5. The normalized spacial score (nSPS) is 12.2. The number of methoxy groups -OCH3 is 9. The predicted molar refractivity (Wildman–Crippen MR) is 292 cm³/mol. The van der Waals surface area contributed by atoms with Gasteiger partial charge in [-0.25, -0.2) is 4.98 Å². The number of ether oxygens (including phenoxy) is 10. The Kier molecular flexibility index (Phi) is 17.9. The van der Waals surface area contributed by atoms with Crippen LogP contribution in [0.15, 0.2) is 84.9 Å². The van der Waals surface area contributed by atoms with Gasteiger partial charge in [0.2, 0.25) is 5.95 Å². The minimum atomic E-state index is 0.495. The largest absolute Gasteiger partial charge is 0.496 e. The van der Waals surface area contributed by atoms with E-state index >= 15 is 0 Å². The topological polar surface area (TPSA) is 136 Å². The molecule has 392 valence electrons. The van der Waals surface area contributed by atoms with Crippen molar-refractivity contribution in [1.29, 1.82) is 0 Å². The number of fused-ring (bicyclic) bond motifs is 1. The highest BCUT2D eigenvalue weighted by Crippen LogP contribution is 2.42. The Bertz CT molecular complexity index is 3030. The van der Waals surface area contributed by atoms with Crippen LogP contribution in [0.5, 0.6) is 57.5 Å². The number of anilines is 1. The summed E-state index contributed by atoms with van der Waals surface area (Å²) in [6, 6.07) is 28.7. The standard InChI is InChI=1S/C61H73N3O10/c1-65-51-31-41-25-43-33-56(70-6)45(35-55(43)69-5)27-47-38-60(74-23-19-15-13-11-10-12-14-18-22-64-50-21-17-16-20-49(50)63-61(64)62)48(37-59(47)73-9)28-46-36-57(71-7)44(34-58(46)72-8)26-42-32-53(67-3)40(30-54(42)68-4)24-39(51)29-52(41)66-2/h16-17,20-21,29-38H,10-15,18-19,22-28H2,1-9H3,(H2,62,63). The number of hydrogen-bond acceptors (Lipinski definition) is 12. The van der Waals surface area contributed by atoms with Crippen LogP contribution in [0, 0.1) is 0 Å². The molecule has 0 unspecified atom stereocenters. The quantitative estimate of drug-likeness (QED) is 0.0686. The van der Waals surface area contributed by atoms with Gasteiger partial charge in [0, 0.05) is 94.3 Å². The Morgan fingerprint density at radius 2 is 0.635 bits per heavy atom. The van der Waals surface area contributed by atoms with Gasteiger partial charge >= 0.3 is 0 Å². The van der Waals surface area contributed by atoms with Crippen molar-refractivity contribution in [3.8, 4) is 57.5 Å². The van der Waals surface area contributed by atoms with E-state index in [1.807, 2.05) is 42.5 Å². The zero-order valence-electron chi connectivity index (χ0n) is 44.7. The highest BCUT2D eigenvalue weighted by molar-refractivity contribution is 5.78. The average Bonchev–Trinajstić information content (AvgIpc) is 3.74. The Morgan fingerprint density at radius 1 is 0.365 bits per heavy atom. The number of nitrogens with two attached hydrogens (primary N) is 1. The van der Waals surface area contributed by atoms with Crippen LogP contribution in [0.1, 0.15) is 107 Å². The zero-order chi connectivity index (χ0) is 52.1. The Labute approximate surface area is 436 Å². The summed E-state index contributed by atoms with van der Waals surface area (Å²) in [7, 11) is 15.2. The summed E-state index contributed by atoms with van der Waals surface area (Å²) in [6.45, 7) is 1.46. The van der Waals surface area contributed by atoms with Crippen LogP contribution in [-0.4, -0.2) is 80.1 Å². The Hall–Kier alpha value is -7.41. The van der Waals surface area contributed by atoms with Gasteiger partial charge in [0.1, 0.15) is 57.5 Å². The van der Waals surface area contributed by atoms with Gasteiger partial charge in [0.15, 0.2) is 0 Å². The van der Waals surface area contributed by atoms with E-state index in [0.717, 1.165) is 163 Å². The second-order valence-electron chi connectivity index (χ2n) is 18.8. The average molecular weight is 1010 g/mol. The molecule has 13 heteroatoms. The van der Waals surface area contributed by atoms with Crippen molar-refractivity contribution in [3.05, 3.63) is 141 Å². The van der Waals surface area contributed by atoms with E-state index < -0.39 is 0 Å². The molecule has 0 atom stereocenters. The van der Waals surface area contributed by atoms with Crippen molar-refractivity contribution in [2.24, 2.45) is 0 Å². The monoisotopic (exact) mass is 1010 g/mol. The van der Waals surface area contributed by atoms with Crippen LogP contribution < -0.4 is 53.1 Å². The third-order valence-electron chi connectivity index (χ3n) is 14.3. The van der Waals surface area contributed by atoms with Crippen molar-refractivity contribution < 1.29 is 47.4 Å². The van der Waals surface area contributed by atoms with E-state index in [2.05, 4.69) is 52.0 Å². The van der Waals surface area contributed by atoms with Gasteiger partial charge in [-0.3, -0.25) is 0 Å². The van der Waals surface area contributed by atoms with Crippen LogP contribution in [-0.2, 0) is 38.6 Å². The van der Waals surface area contributed by atoms with Gasteiger partial charge in [-0.2, -0.15) is 0 Å². The van der Waals surface area contributed by atoms with Gasteiger partial charge in [-0.05, 0) is 85.6 Å². The van der Waals surface area contributed by atoms with Crippen LogP contribution in [0.3, 0.4) is 0 Å². The van der Waals surface area contributed by atoms with Crippen molar-refractivity contribution in [3.63, 3.8) is 0 Å². The molecule has 0 radical (unpaired) electrons. The number of rotatable bonds is 21.